The highest BCUT2D eigenvalue weighted by Crippen LogP contribution is 2.15. The molecule has 22 heavy (non-hydrogen) atoms. The first-order chi connectivity index (χ1) is 10.2. The van der Waals surface area contributed by atoms with Gasteiger partial charge in [-0.15, -0.1) is 12.4 Å². The zero-order valence-corrected chi connectivity index (χ0v) is 13.2. The molecule has 2 N–H and O–H groups in total. The van der Waals surface area contributed by atoms with E-state index in [0.717, 1.165) is 16.9 Å². The Morgan fingerprint density at radius 2 is 1.68 bits per heavy atom. The van der Waals surface area contributed by atoms with Crippen LogP contribution < -0.4 is 10.5 Å². The Labute approximate surface area is 136 Å². The second kappa shape index (κ2) is 9.07. The van der Waals surface area contributed by atoms with Gasteiger partial charge in [0, 0.05) is 0 Å². The van der Waals surface area contributed by atoms with E-state index in [9.17, 15) is 4.79 Å². The lowest BCUT2D eigenvalue weighted by Crippen LogP contribution is -2.33. The van der Waals surface area contributed by atoms with E-state index in [2.05, 4.69) is 4.74 Å². The van der Waals surface area contributed by atoms with Crippen molar-refractivity contribution >= 4 is 18.4 Å². The highest BCUT2D eigenvalue weighted by Gasteiger charge is 2.13. The Bertz CT molecular complexity index is 572. The van der Waals surface area contributed by atoms with Crippen molar-refractivity contribution in [2.75, 3.05) is 7.11 Å². The minimum absolute atomic E-state index is 0. The highest BCUT2D eigenvalue weighted by atomic mass is 35.5. The van der Waals surface area contributed by atoms with Crippen LogP contribution in [0, 0.1) is 0 Å². The van der Waals surface area contributed by atoms with Gasteiger partial charge in [0.25, 0.3) is 0 Å². The van der Waals surface area contributed by atoms with Crippen LogP contribution in [-0.4, -0.2) is 19.1 Å². The summed E-state index contributed by atoms with van der Waals surface area (Å²) in [5.41, 5.74) is 7.82. The van der Waals surface area contributed by atoms with Crippen molar-refractivity contribution in [2.45, 2.75) is 19.1 Å². The average Bonchev–Trinajstić information content (AvgIpc) is 2.54. The predicted molar refractivity (Wildman–Crippen MR) is 88.2 cm³/mol. The quantitative estimate of drug-likeness (QED) is 0.831. The number of carbonyl (C=O) groups is 1. The molecule has 0 aliphatic rings. The van der Waals surface area contributed by atoms with Crippen molar-refractivity contribution in [1.82, 2.24) is 0 Å². The molecule has 0 aromatic heterocycles. The molecule has 0 unspecified atom stereocenters. The van der Waals surface area contributed by atoms with E-state index in [0.29, 0.717) is 13.0 Å². The van der Waals surface area contributed by atoms with Gasteiger partial charge in [0.15, 0.2) is 0 Å². The van der Waals surface area contributed by atoms with Crippen LogP contribution in [0.15, 0.2) is 54.6 Å². The minimum Gasteiger partial charge on any atom is -0.489 e. The number of methoxy groups -OCH3 is 1. The number of nitrogens with two attached hydrogens (primary N) is 1. The maximum Gasteiger partial charge on any atom is 0.322 e. The Balaban J connectivity index is 0.00000242. The summed E-state index contributed by atoms with van der Waals surface area (Å²) in [6.07, 6.45) is 0.450. The van der Waals surface area contributed by atoms with E-state index >= 15 is 0 Å². The van der Waals surface area contributed by atoms with Crippen LogP contribution in [0.3, 0.4) is 0 Å². The zero-order chi connectivity index (χ0) is 15.1. The third-order valence-corrected chi connectivity index (χ3v) is 3.13. The van der Waals surface area contributed by atoms with Gasteiger partial charge in [-0.2, -0.15) is 0 Å². The van der Waals surface area contributed by atoms with E-state index in [4.69, 9.17) is 10.5 Å². The molecule has 0 radical (unpaired) electrons. The van der Waals surface area contributed by atoms with Gasteiger partial charge in [0.2, 0.25) is 0 Å². The summed E-state index contributed by atoms with van der Waals surface area (Å²) in [7, 11) is 1.34. The van der Waals surface area contributed by atoms with Gasteiger partial charge in [-0.3, -0.25) is 4.79 Å². The van der Waals surface area contributed by atoms with Crippen LogP contribution in [0.1, 0.15) is 11.1 Å². The topological polar surface area (TPSA) is 61.5 Å². The van der Waals surface area contributed by atoms with Crippen LogP contribution in [-0.2, 0) is 22.6 Å². The molecule has 0 aliphatic carbocycles. The fourth-order valence-electron chi connectivity index (χ4n) is 1.95. The van der Waals surface area contributed by atoms with Crippen molar-refractivity contribution in [1.29, 1.82) is 0 Å². The van der Waals surface area contributed by atoms with Crippen LogP contribution in [0.25, 0.3) is 0 Å². The van der Waals surface area contributed by atoms with Crippen molar-refractivity contribution < 1.29 is 14.3 Å². The van der Waals surface area contributed by atoms with Crippen molar-refractivity contribution in [2.24, 2.45) is 5.73 Å². The summed E-state index contributed by atoms with van der Waals surface area (Å²) >= 11 is 0. The molecule has 0 fully saturated rings. The zero-order valence-electron chi connectivity index (χ0n) is 12.4. The molecule has 5 heteroatoms. The molecule has 1 atom stereocenters. The third-order valence-electron chi connectivity index (χ3n) is 3.13. The fraction of sp³-hybridized carbons (Fsp3) is 0.235. The normalized spacial score (nSPS) is 11.2. The first-order valence-corrected chi connectivity index (χ1v) is 6.78. The second-order valence-corrected chi connectivity index (χ2v) is 4.75. The number of esters is 1. The van der Waals surface area contributed by atoms with Crippen LogP contribution in [0.4, 0.5) is 0 Å². The standard InChI is InChI=1S/C17H19NO3.ClH/c1-20-17(19)16(18)11-13-7-9-15(10-8-13)21-12-14-5-3-2-4-6-14;/h2-10,16H,11-12,18H2,1H3;1H/t16-;/m1./s1. The maximum atomic E-state index is 11.3. The summed E-state index contributed by atoms with van der Waals surface area (Å²) in [6.45, 7) is 0.530. The molecule has 118 valence electrons. The average molecular weight is 322 g/mol. The highest BCUT2D eigenvalue weighted by molar-refractivity contribution is 5.85. The van der Waals surface area contributed by atoms with Crippen LogP contribution in [0.2, 0.25) is 0 Å². The predicted octanol–water partition coefficient (Wildman–Crippen LogP) is 2.73. The molecule has 0 heterocycles. The van der Waals surface area contributed by atoms with E-state index in [-0.39, 0.29) is 12.4 Å². The van der Waals surface area contributed by atoms with Gasteiger partial charge in [-0.05, 0) is 29.7 Å². The minimum atomic E-state index is -0.633. The van der Waals surface area contributed by atoms with E-state index < -0.39 is 12.0 Å². The second-order valence-electron chi connectivity index (χ2n) is 4.75. The summed E-state index contributed by atoms with van der Waals surface area (Å²) in [6, 6.07) is 16.9. The van der Waals surface area contributed by atoms with Crippen molar-refractivity contribution in [3.05, 3.63) is 65.7 Å². The van der Waals surface area contributed by atoms with E-state index in [1.165, 1.54) is 7.11 Å². The van der Waals surface area contributed by atoms with Gasteiger partial charge in [0.05, 0.1) is 7.11 Å². The largest absolute Gasteiger partial charge is 0.489 e. The lowest BCUT2D eigenvalue weighted by molar-refractivity contribution is -0.142. The summed E-state index contributed by atoms with van der Waals surface area (Å²) in [5, 5.41) is 0. The van der Waals surface area contributed by atoms with Crippen LogP contribution in [0.5, 0.6) is 5.75 Å². The molecule has 0 aliphatic heterocycles. The van der Waals surface area contributed by atoms with Crippen molar-refractivity contribution in [3.8, 4) is 5.75 Å². The van der Waals surface area contributed by atoms with Crippen molar-refractivity contribution in [3.63, 3.8) is 0 Å². The summed E-state index contributed by atoms with van der Waals surface area (Å²) in [5.74, 6) is 0.383. The lowest BCUT2D eigenvalue weighted by atomic mass is 10.1. The Kier molecular flexibility index (Phi) is 7.43. The summed E-state index contributed by atoms with van der Waals surface area (Å²) in [4.78, 5) is 11.3. The van der Waals surface area contributed by atoms with E-state index in [1.54, 1.807) is 0 Å². The molecular weight excluding hydrogens is 302 g/mol. The number of carbonyl (C=O) groups excluding carboxylic acids is 1. The molecule has 4 nitrogen and oxygen atoms in total. The Morgan fingerprint density at radius 1 is 1.05 bits per heavy atom. The summed E-state index contributed by atoms with van der Waals surface area (Å²) < 4.78 is 10.3. The Hall–Kier alpha value is -2.04. The van der Waals surface area contributed by atoms with Gasteiger partial charge >= 0.3 is 5.97 Å². The molecule has 0 bridgehead atoms. The van der Waals surface area contributed by atoms with Gasteiger partial charge in [0.1, 0.15) is 18.4 Å². The first kappa shape index (κ1) is 18.0. The molecule has 2 aromatic carbocycles. The van der Waals surface area contributed by atoms with E-state index in [1.807, 2.05) is 54.6 Å². The number of benzene rings is 2. The fourth-order valence-corrected chi connectivity index (χ4v) is 1.95. The molecule has 2 aromatic rings. The van der Waals surface area contributed by atoms with Gasteiger partial charge < -0.3 is 15.2 Å². The molecule has 2 rings (SSSR count). The smallest absolute Gasteiger partial charge is 0.322 e. The molecule has 0 saturated heterocycles. The van der Waals surface area contributed by atoms with Crippen LogP contribution >= 0.6 is 12.4 Å². The monoisotopic (exact) mass is 321 g/mol. The molecular formula is C17H20ClNO3. The number of hydrogen-bond acceptors (Lipinski definition) is 4. The number of hydrogen-bond donors (Lipinski definition) is 1. The Morgan fingerprint density at radius 3 is 2.27 bits per heavy atom. The molecule has 0 spiro atoms. The SMILES string of the molecule is COC(=O)[C@H](N)Cc1ccc(OCc2ccccc2)cc1.Cl. The van der Waals surface area contributed by atoms with Gasteiger partial charge in [-0.1, -0.05) is 42.5 Å². The first-order valence-electron chi connectivity index (χ1n) is 6.78. The molecule has 0 saturated carbocycles. The number of ether oxygens (including phenoxy) is 2. The lowest BCUT2D eigenvalue weighted by Gasteiger charge is -2.10. The number of rotatable bonds is 6. The number of halogens is 1. The maximum absolute atomic E-state index is 11.3. The third kappa shape index (κ3) is 5.39. The molecule has 0 amide bonds. The van der Waals surface area contributed by atoms with Gasteiger partial charge in [-0.25, -0.2) is 0 Å².